The van der Waals surface area contributed by atoms with Crippen molar-refractivity contribution in [3.63, 3.8) is 0 Å². The molecule has 1 atom stereocenters. The van der Waals surface area contributed by atoms with E-state index in [9.17, 15) is 14.0 Å². The zero-order valence-electron chi connectivity index (χ0n) is 13.9. The highest BCUT2D eigenvalue weighted by Crippen LogP contribution is 2.21. The average Bonchev–Trinajstić information content (AvgIpc) is 2.94. The number of halogens is 1. The van der Waals surface area contributed by atoms with Crippen LogP contribution >= 0.6 is 11.8 Å². The molecule has 1 aliphatic rings. The molecule has 0 aliphatic carbocycles. The van der Waals surface area contributed by atoms with Crippen molar-refractivity contribution in [2.45, 2.75) is 23.9 Å². The highest BCUT2D eigenvalue weighted by atomic mass is 32.2. The van der Waals surface area contributed by atoms with Crippen molar-refractivity contribution in [1.29, 1.82) is 0 Å². The predicted molar refractivity (Wildman–Crippen MR) is 95.9 cm³/mol. The van der Waals surface area contributed by atoms with Gasteiger partial charge in [-0.15, -0.1) is 11.8 Å². The lowest BCUT2D eigenvalue weighted by Crippen LogP contribution is -2.37. The molecule has 3 rings (SSSR count). The smallest absolute Gasteiger partial charge is 0.252 e. The number of nitrogens with one attached hydrogen (secondary N) is 1. The van der Waals surface area contributed by atoms with Crippen molar-refractivity contribution < 1.29 is 14.0 Å². The second kappa shape index (κ2) is 7.70. The van der Waals surface area contributed by atoms with Gasteiger partial charge < -0.3 is 10.2 Å². The van der Waals surface area contributed by atoms with Crippen molar-refractivity contribution in [2.24, 2.45) is 0 Å². The maximum atomic E-state index is 13.3. The standard InChI is InChI=1S/C19H19FN2O2S/c1-25-17-8-3-2-7-16(17)19(24)21-15-10-18(23)22(12-15)11-13-5-4-6-14(20)9-13/h2-9,15H,10-12H2,1H3,(H,21,24)/t15-/m0/s1. The zero-order chi connectivity index (χ0) is 17.8. The summed E-state index contributed by atoms with van der Waals surface area (Å²) in [5, 5.41) is 2.94. The number of carbonyl (C=O) groups excluding carboxylic acids is 2. The first-order valence-electron chi connectivity index (χ1n) is 8.03. The molecule has 0 aromatic heterocycles. The maximum Gasteiger partial charge on any atom is 0.252 e. The van der Waals surface area contributed by atoms with Gasteiger partial charge in [-0.25, -0.2) is 4.39 Å². The van der Waals surface area contributed by atoms with Crippen LogP contribution in [0.2, 0.25) is 0 Å². The van der Waals surface area contributed by atoms with Crippen LogP contribution in [0.4, 0.5) is 4.39 Å². The summed E-state index contributed by atoms with van der Waals surface area (Å²) >= 11 is 1.51. The Bertz CT molecular complexity index is 796. The molecule has 0 radical (unpaired) electrons. The van der Waals surface area contributed by atoms with Gasteiger partial charge in [-0.05, 0) is 36.1 Å². The molecule has 1 N–H and O–H groups in total. The third-order valence-electron chi connectivity index (χ3n) is 4.16. The number of hydrogen-bond donors (Lipinski definition) is 1. The lowest BCUT2D eigenvalue weighted by Gasteiger charge is -2.17. The van der Waals surface area contributed by atoms with Gasteiger partial charge in [-0.1, -0.05) is 24.3 Å². The number of likely N-dealkylation sites (tertiary alicyclic amines) is 1. The lowest BCUT2D eigenvalue weighted by molar-refractivity contribution is -0.128. The fourth-order valence-corrected chi connectivity index (χ4v) is 3.57. The molecule has 25 heavy (non-hydrogen) atoms. The third kappa shape index (κ3) is 4.20. The molecule has 0 unspecified atom stereocenters. The number of carbonyl (C=O) groups is 2. The van der Waals surface area contributed by atoms with E-state index in [1.807, 2.05) is 24.5 Å². The molecule has 0 bridgehead atoms. The van der Waals surface area contributed by atoms with Gasteiger partial charge in [0, 0.05) is 24.4 Å². The highest BCUT2D eigenvalue weighted by Gasteiger charge is 2.31. The van der Waals surface area contributed by atoms with Crippen LogP contribution in [0.5, 0.6) is 0 Å². The predicted octanol–water partition coefficient (Wildman–Crippen LogP) is 3.08. The van der Waals surface area contributed by atoms with E-state index < -0.39 is 0 Å². The molecule has 1 heterocycles. The van der Waals surface area contributed by atoms with Crippen LogP contribution in [0.25, 0.3) is 0 Å². The number of nitrogens with zero attached hydrogens (tertiary/aromatic N) is 1. The Kier molecular flexibility index (Phi) is 5.38. The van der Waals surface area contributed by atoms with E-state index in [0.29, 0.717) is 18.7 Å². The minimum Gasteiger partial charge on any atom is -0.347 e. The monoisotopic (exact) mass is 358 g/mol. The number of rotatable bonds is 5. The normalized spacial score (nSPS) is 17.0. The van der Waals surface area contributed by atoms with E-state index in [0.717, 1.165) is 10.5 Å². The van der Waals surface area contributed by atoms with Crippen LogP contribution in [-0.2, 0) is 11.3 Å². The summed E-state index contributed by atoms with van der Waals surface area (Å²) in [5.74, 6) is -0.522. The van der Waals surface area contributed by atoms with E-state index in [1.54, 1.807) is 23.1 Å². The van der Waals surface area contributed by atoms with Gasteiger partial charge >= 0.3 is 0 Å². The Morgan fingerprint density at radius 1 is 1.28 bits per heavy atom. The van der Waals surface area contributed by atoms with Gasteiger partial charge in [0.1, 0.15) is 5.82 Å². The van der Waals surface area contributed by atoms with Crippen LogP contribution in [-0.4, -0.2) is 35.6 Å². The van der Waals surface area contributed by atoms with Crippen molar-refractivity contribution in [2.75, 3.05) is 12.8 Å². The third-order valence-corrected chi connectivity index (χ3v) is 4.96. The van der Waals surface area contributed by atoms with Gasteiger partial charge in [0.05, 0.1) is 11.6 Å². The molecule has 4 nitrogen and oxygen atoms in total. The number of hydrogen-bond acceptors (Lipinski definition) is 3. The molecule has 0 spiro atoms. The molecule has 2 amide bonds. The van der Waals surface area contributed by atoms with E-state index in [-0.39, 0.29) is 30.1 Å². The summed E-state index contributed by atoms with van der Waals surface area (Å²) in [4.78, 5) is 27.2. The van der Waals surface area contributed by atoms with Crippen LogP contribution < -0.4 is 5.32 Å². The molecule has 6 heteroatoms. The lowest BCUT2D eigenvalue weighted by atomic mass is 10.2. The molecule has 0 saturated carbocycles. The number of thioether (sulfide) groups is 1. The largest absolute Gasteiger partial charge is 0.347 e. The summed E-state index contributed by atoms with van der Waals surface area (Å²) < 4.78 is 13.3. The quantitative estimate of drug-likeness (QED) is 0.836. The molecular weight excluding hydrogens is 339 g/mol. The number of amides is 2. The van der Waals surface area contributed by atoms with E-state index in [1.165, 1.54) is 23.9 Å². The fourth-order valence-electron chi connectivity index (χ4n) is 2.97. The molecule has 2 aromatic carbocycles. The minimum atomic E-state index is -0.317. The fraction of sp³-hybridized carbons (Fsp3) is 0.263. The molecule has 1 fully saturated rings. The molecule has 130 valence electrons. The summed E-state index contributed by atoms with van der Waals surface area (Å²) in [7, 11) is 0. The minimum absolute atomic E-state index is 0.0345. The second-order valence-electron chi connectivity index (χ2n) is 5.98. The molecular formula is C19H19FN2O2S. The average molecular weight is 358 g/mol. The maximum absolute atomic E-state index is 13.3. The SMILES string of the molecule is CSc1ccccc1C(=O)N[C@H]1CC(=O)N(Cc2cccc(F)c2)C1. The molecule has 2 aromatic rings. The highest BCUT2D eigenvalue weighted by molar-refractivity contribution is 7.98. The molecule has 1 aliphatic heterocycles. The number of benzene rings is 2. The van der Waals surface area contributed by atoms with Gasteiger partial charge in [-0.3, -0.25) is 9.59 Å². The van der Waals surface area contributed by atoms with Gasteiger partial charge in [0.25, 0.3) is 5.91 Å². The Morgan fingerprint density at radius 3 is 2.84 bits per heavy atom. The van der Waals surface area contributed by atoms with Crippen LogP contribution in [0.15, 0.2) is 53.4 Å². The van der Waals surface area contributed by atoms with Crippen molar-refractivity contribution in [1.82, 2.24) is 10.2 Å². The second-order valence-corrected chi connectivity index (χ2v) is 6.83. The first kappa shape index (κ1) is 17.5. The first-order chi connectivity index (χ1) is 12.1. The first-order valence-corrected chi connectivity index (χ1v) is 9.25. The Morgan fingerprint density at radius 2 is 2.08 bits per heavy atom. The zero-order valence-corrected chi connectivity index (χ0v) is 14.7. The van der Waals surface area contributed by atoms with Crippen LogP contribution in [0.1, 0.15) is 22.3 Å². The van der Waals surface area contributed by atoms with E-state index >= 15 is 0 Å². The van der Waals surface area contributed by atoms with Crippen LogP contribution in [0, 0.1) is 5.82 Å². The van der Waals surface area contributed by atoms with E-state index in [4.69, 9.17) is 0 Å². The summed E-state index contributed by atoms with van der Waals surface area (Å²) in [6, 6.07) is 13.4. The van der Waals surface area contributed by atoms with Crippen molar-refractivity contribution >= 4 is 23.6 Å². The van der Waals surface area contributed by atoms with Crippen molar-refractivity contribution in [3.05, 3.63) is 65.5 Å². The van der Waals surface area contributed by atoms with Gasteiger partial charge in [-0.2, -0.15) is 0 Å². The van der Waals surface area contributed by atoms with Gasteiger partial charge in [0.15, 0.2) is 0 Å². The summed E-state index contributed by atoms with van der Waals surface area (Å²) in [5.41, 5.74) is 1.36. The Labute approximate surface area is 150 Å². The summed E-state index contributed by atoms with van der Waals surface area (Å²) in [6.45, 7) is 0.785. The van der Waals surface area contributed by atoms with Crippen LogP contribution in [0.3, 0.4) is 0 Å². The van der Waals surface area contributed by atoms with Gasteiger partial charge in [0.2, 0.25) is 5.91 Å². The topological polar surface area (TPSA) is 49.4 Å². The Hall–Kier alpha value is -2.34. The summed E-state index contributed by atoms with van der Waals surface area (Å²) in [6.07, 6.45) is 2.19. The van der Waals surface area contributed by atoms with Crippen molar-refractivity contribution in [3.8, 4) is 0 Å². The molecule has 1 saturated heterocycles. The van der Waals surface area contributed by atoms with E-state index in [2.05, 4.69) is 5.32 Å². The Balaban J connectivity index is 1.63.